The summed E-state index contributed by atoms with van der Waals surface area (Å²) in [6, 6.07) is 6.37. The maximum Gasteiger partial charge on any atom is 0.310 e. The number of hydrogen-bond acceptors (Lipinski definition) is 5. The largest absolute Gasteiger partial charge is 0.484 e. The number of nitro benzene ring substituents is 1. The van der Waals surface area contributed by atoms with Crippen molar-refractivity contribution in [3.05, 3.63) is 34.4 Å². The highest BCUT2D eigenvalue weighted by molar-refractivity contribution is 5.45. The topological polar surface area (TPSA) is 64.8 Å². The number of nitro groups is 1. The molecule has 1 atom stereocenters. The van der Waals surface area contributed by atoms with Gasteiger partial charge in [0.2, 0.25) is 0 Å². The molecule has 0 aromatic heterocycles. The molecule has 1 aromatic rings. The first-order valence-electron chi connectivity index (χ1n) is 5.83. The predicted octanol–water partition coefficient (Wildman–Crippen LogP) is 1.30. The highest BCUT2D eigenvalue weighted by Crippen LogP contribution is 2.26. The predicted molar refractivity (Wildman–Crippen MR) is 65.8 cm³/mol. The van der Waals surface area contributed by atoms with E-state index in [0.29, 0.717) is 19.0 Å². The summed E-state index contributed by atoms with van der Waals surface area (Å²) in [6.07, 6.45) is -0.0384. The lowest BCUT2D eigenvalue weighted by atomic mass is 10.3. The van der Waals surface area contributed by atoms with E-state index in [0.717, 1.165) is 13.1 Å². The minimum absolute atomic E-state index is 0.0123. The summed E-state index contributed by atoms with van der Waals surface area (Å²) in [7, 11) is 2.01. The number of benzene rings is 1. The standard InChI is InChI=1S/C12H16N2O4/c1-13-6-7-17-10(8-13)9-18-12-5-3-2-4-11(12)14(15)16/h2-5,10H,6-9H2,1H3/t10-/m0/s1. The summed E-state index contributed by atoms with van der Waals surface area (Å²) in [5.74, 6) is 0.291. The molecule has 0 amide bonds. The molecular weight excluding hydrogens is 236 g/mol. The molecule has 18 heavy (non-hydrogen) atoms. The van der Waals surface area contributed by atoms with E-state index in [-0.39, 0.29) is 11.8 Å². The molecule has 1 saturated heterocycles. The summed E-state index contributed by atoms with van der Waals surface area (Å²) >= 11 is 0. The van der Waals surface area contributed by atoms with Crippen LogP contribution in [-0.4, -0.2) is 49.3 Å². The third-order valence-electron chi connectivity index (χ3n) is 2.83. The molecule has 6 heteroatoms. The van der Waals surface area contributed by atoms with E-state index in [2.05, 4.69) is 4.90 Å². The molecule has 0 unspecified atom stereocenters. The number of likely N-dealkylation sites (N-methyl/N-ethyl adjacent to an activating group) is 1. The molecule has 1 fully saturated rings. The zero-order chi connectivity index (χ0) is 13.0. The second-order valence-electron chi connectivity index (χ2n) is 4.29. The summed E-state index contributed by atoms with van der Waals surface area (Å²) in [5.41, 5.74) is -0.0123. The third kappa shape index (κ3) is 3.18. The van der Waals surface area contributed by atoms with Gasteiger partial charge in [-0.25, -0.2) is 0 Å². The van der Waals surface area contributed by atoms with Crippen LogP contribution in [0.2, 0.25) is 0 Å². The molecule has 0 saturated carbocycles. The van der Waals surface area contributed by atoms with Crippen LogP contribution in [0.15, 0.2) is 24.3 Å². The molecule has 0 spiro atoms. The van der Waals surface area contributed by atoms with Crippen LogP contribution in [0.1, 0.15) is 0 Å². The van der Waals surface area contributed by atoms with Crippen LogP contribution in [0.3, 0.4) is 0 Å². The SMILES string of the molecule is CN1CCO[C@H](COc2ccccc2[N+](=O)[O-])C1. The van der Waals surface area contributed by atoms with Gasteiger partial charge in [-0.1, -0.05) is 12.1 Å². The van der Waals surface area contributed by atoms with E-state index < -0.39 is 4.92 Å². The Morgan fingerprint density at radius 2 is 2.33 bits per heavy atom. The van der Waals surface area contributed by atoms with E-state index in [1.54, 1.807) is 18.2 Å². The zero-order valence-corrected chi connectivity index (χ0v) is 10.2. The molecule has 0 radical (unpaired) electrons. The molecule has 98 valence electrons. The first kappa shape index (κ1) is 12.8. The van der Waals surface area contributed by atoms with Crippen LogP contribution in [0.25, 0.3) is 0 Å². The van der Waals surface area contributed by atoms with Gasteiger partial charge in [-0.3, -0.25) is 10.1 Å². The molecule has 0 N–H and O–H groups in total. The van der Waals surface area contributed by atoms with Crippen LogP contribution in [0.5, 0.6) is 5.75 Å². The summed E-state index contributed by atoms with van der Waals surface area (Å²) < 4.78 is 11.0. The Kier molecular flexibility index (Phi) is 4.11. The lowest BCUT2D eigenvalue weighted by Crippen LogP contribution is -2.42. The van der Waals surface area contributed by atoms with E-state index in [1.807, 2.05) is 7.05 Å². The van der Waals surface area contributed by atoms with Gasteiger partial charge >= 0.3 is 5.69 Å². The monoisotopic (exact) mass is 252 g/mol. The van der Waals surface area contributed by atoms with E-state index in [4.69, 9.17) is 9.47 Å². The third-order valence-corrected chi connectivity index (χ3v) is 2.83. The van der Waals surface area contributed by atoms with Crippen molar-refractivity contribution in [2.24, 2.45) is 0 Å². The van der Waals surface area contributed by atoms with Crippen LogP contribution < -0.4 is 4.74 Å². The van der Waals surface area contributed by atoms with Crippen molar-refractivity contribution in [2.45, 2.75) is 6.10 Å². The maximum atomic E-state index is 10.8. The van der Waals surface area contributed by atoms with Crippen molar-refractivity contribution >= 4 is 5.69 Å². The number of rotatable bonds is 4. The Bertz CT molecular complexity index is 424. The Balaban J connectivity index is 1.95. The van der Waals surface area contributed by atoms with Crippen LogP contribution in [-0.2, 0) is 4.74 Å². The Labute approximate surface area is 105 Å². The van der Waals surface area contributed by atoms with Gasteiger partial charge in [0.1, 0.15) is 12.7 Å². The van der Waals surface area contributed by atoms with Gasteiger partial charge in [0.15, 0.2) is 5.75 Å². The van der Waals surface area contributed by atoms with Crippen molar-refractivity contribution in [1.82, 2.24) is 4.90 Å². The summed E-state index contributed by atoms with van der Waals surface area (Å²) in [4.78, 5) is 12.5. The van der Waals surface area contributed by atoms with Crippen LogP contribution in [0.4, 0.5) is 5.69 Å². The quantitative estimate of drug-likeness (QED) is 0.597. The van der Waals surface area contributed by atoms with E-state index in [1.165, 1.54) is 6.07 Å². The van der Waals surface area contributed by atoms with Crippen molar-refractivity contribution < 1.29 is 14.4 Å². The molecule has 1 aliphatic rings. The maximum absolute atomic E-state index is 10.8. The number of nitrogens with zero attached hydrogens (tertiary/aromatic N) is 2. The Hall–Kier alpha value is -1.66. The van der Waals surface area contributed by atoms with Crippen LogP contribution >= 0.6 is 0 Å². The van der Waals surface area contributed by atoms with Gasteiger partial charge in [-0.05, 0) is 13.1 Å². The number of para-hydroxylation sites is 2. The molecule has 0 bridgehead atoms. The van der Waals surface area contributed by atoms with E-state index >= 15 is 0 Å². The lowest BCUT2D eigenvalue weighted by Gasteiger charge is -2.29. The summed E-state index contributed by atoms with van der Waals surface area (Å²) in [5, 5.41) is 10.8. The summed E-state index contributed by atoms with van der Waals surface area (Å²) in [6.45, 7) is 2.68. The van der Waals surface area contributed by atoms with E-state index in [9.17, 15) is 10.1 Å². The van der Waals surface area contributed by atoms with Gasteiger partial charge in [-0.2, -0.15) is 0 Å². The van der Waals surface area contributed by atoms with Crippen molar-refractivity contribution in [1.29, 1.82) is 0 Å². The fourth-order valence-corrected chi connectivity index (χ4v) is 1.88. The van der Waals surface area contributed by atoms with Gasteiger partial charge in [0, 0.05) is 19.2 Å². The molecule has 0 aliphatic carbocycles. The molecule has 1 aromatic carbocycles. The molecule has 6 nitrogen and oxygen atoms in total. The average molecular weight is 252 g/mol. The second-order valence-corrected chi connectivity index (χ2v) is 4.29. The first-order chi connectivity index (χ1) is 8.66. The first-order valence-corrected chi connectivity index (χ1v) is 5.83. The molecule has 2 rings (SSSR count). The minimum atomic E-state index is -0.441. The normalized spacial score (nSPS) is 20.6. The zero-order valence-electron chi connectivity index (χ0n) is 10.2. The average Bonchev–Trinajstić information content (AvgIpc) is 2.37. The van der Waals surface area contributed by atoms with Crippen molar-refractivity contribution in [3.63, 3.8) is 0 Å². The number of hydrogen-bond donors (Lipinski definition) is 0. The van der Waals surface area contributed by atoms with Gasteiger partial charge in [-0.15, -0.1) is 0 Å². The highest BCUT2D eigenvalue weighted by atomic mass is 16.6. The minimum Gasteiger partial charge on any atom is -0.484 e. The van der Waals surface area contributed by atoms with Gasteiger partial charge < -0.3 is 14.4 Å². The number of ether oxygens (including phenoxy) is 2. The van der Waals surface area contributed by atoms with Crippen molar-refractivity contribution in [3.8, 4) is 5.75 Å². The molecule has 1 heterocycles. The number of morpholine rings is 1. The fourth-order valence-electron chi connectivity index (χ4n) is 1.88. The van der Waals surface area contributed by atoms with Crippen molar-refractivity contribution in [2.75, 3.05) is 33.4 Å². The smallest absolute Gasteiger partial charge is 0.310 e. The highest BCUT2D eigenvalue weighted by Gasteiger charge is 2.20. The van der Waals surface area contributed by atoms with Gasteiger partial charge in [0.05, 0.1) is 11.5 Å². The van der Waals surface area contributed by atoms with Crippen LogP contribution in [0, 0.1) is 10.1 Å². The fraction of sp³-hybridized carbons (Fsp3) is 0.500. The van der Waals surface area contributed by atoms with Gasteiger partial charge in [0.25, 0.3) is 0 Å². The Morgan fingerprint density at radius 3 is 3.06 bits per heavy atom. The molecule has 1 aliphatic heterocycles. The molecular formula is C12H16N2O4. The second kappa shape index (κ2) is 5.79. The Morgan fingerprint density at radius 1 is 1.56 bits per heavy atom. The lowest BCUT2D eigenvalue weighted by molar-refractivity contribution is -0.385.